The SMILES string of the molecule is C#C.C/C=C(\C)CCOc1cc(C(=O)O)nn1CC(=O)NC1CCCCC1.C/C=C\C(=C/C/C=C/CC)S(C)(=O)=O.OCc1ccccc1. The van der Waals surface area contributed by atoms with E-state index in [0.29, 0.717) is 23.8 Å². The first-order chi connectivity index (χ1) is 23.4. The summed E-state index contributed by atoms with van der Waals surface area (Å²) in [5, 5.41) is 24.6. The van der Waals surface area contributed by atoms with Gasteiger partial charge in [-0.05, 0) is 58.1 Å². The second-order valence-electron chi connectivity index (χ2n) is 11.1. The van der Waals surface area contributed by atoms with Gasteiger partial charge in [0, 0.05) is 24.8 Å². The lowest BCUT2D eigenvalue weighted by Gasteiger charge is -2.22. The Bertz CT molecular complexity index is 1480. The van der Waals surface area contributed by atoms with Gasteiger partial charge >= 0.3 is 5.97 Å². The van der Waals surface area contributed by atoms with Crippen LogP contribution in [0.1, 0.15) is 95.1 Å². The number of rotatable bonds is 14. The number of amides is 1. The molecule has 0 atom stereocenters. The van der Waals surface area contributed by atoms with E-state index in [0.717, 1.165) is 44.1 Å². The van der Waals surface area contributed by atoms with Crippen molar-refractivity contribution in [3.63, 3.8) is 0 Å². The van der Waals surface area contributed by atoms with Crippen LogP contribution in [0.5, 0.6) is 5.88 Å². The fraction of sp³-hybridized carbons (Fsp3) is 0.447. The van der Waals surface area contributed by atoms with Crippen molar-refractivity contribution in [1.82, 2.24) is 15.1 Å². The van der Waals surface area contributed by atoms with Gasteiger partial charge < -0.3 is 20.3 Å². The fourth-order valence-corrected chi connectivity index (χ4v) is 5.17. The van der Waals surface area contributed by atoms with E-state index >= 15 is 0 Å². The summed E-state index contributed by atoms with van der Waals surface area (Å²) in [4.78, 5) is 23.8. The van der Waals surface area contributed by atoms with Crippen molar-refractivity contribution < 1.29 is 33.0 Å². The minimum atomic E-state index is -3.07. The molecule has 0 radical (unpaired) electrons. The molecule has 0 saturated heterocycles. The molecule has 1 fully saturated rings. The van der Waals surface area contributed by atoms with Crippen LogP contribution in [0.15, 0.2) is 83.3 Å². The average Bonchev–Trinajstić information content (AvgIpc) is 3.50. The molecule has 11 heteroatoms. The molecular formula is C38H55N3O7S. The van der Waals surface area contributed by atoms with Gasteiger partial charge in [0.05, 0.1) is 18.1 Å². The van der Waals surface area contributed by atoms with Crippen LogP contribution in [0.3, 0.4) is 0 Å². The maximum atomic E-state index is 12.3. The van der Waals surface area contributed by atoms with E-state index in [2.05, 4.69) is 23.3 Å². The molecular weight excluding hydrogens is 642 g/mol. The van der Waals surface area contributed by atoms with Crippen LogP contribution in [-0.2, 0) is 27.8 Å². The maximum absolute atomic E-state index is 12.3. The molecule has 0 unspecified atom stereocenters. The zero-order valence-corrected chi connectivity index (χ0v) is 30.5. The third-order valence-electron chi connectivity index (χ3n) is 7.11. The Morgan fingerprint density at radius 1 is 1.10 bits per heavy atom. The number of aromatic carboxylic acids is 1. The third-order valence-corrected chi connectivity index (χ3v) is 8.27. The predicted octanol–water partition coefficient (Wildman–Crippen LogP) is 7.04. The number of terminal acetylenes is 1. The molecule has 1 aromatic carbocycles. The second-order valence-corrected chi connectivity index (χ2v) is 13.1. The zero-order valence-electron chi connectivity index (χ0n) is 29.7. The Morgan fingerprint density at radius 2 is 1.76 bits per heavy atom. The van der Waals surface area contributed by atoms with Gasteiger partial charge in [-0.25, -0.2) is 17.9 Å². The van der Waals surface area contributed by atoms with Gasteiger partial charge in [0.1, 0.15) is 6.54 Å². The van der Waals surface area contributed by atoms with E-state index in [1.54, 1.807) is 25.2 Å². The highest BCUT2D eigenvalue weighted by atomic mass is 32.2. The van der Waals surface area contributed by atoms with Crippen LogP contribution in [0, 0.1) is 12.8 Å². The number of benzene rings is 1. The van der Waals surface area contributed by atoms with Gasteiger partial charge in [-0.1, -0.05) is 92.5 Å². The standard InChI is InChI=1S/C18H27N3O4.C11H18O2S.C7H8O.C2H2/c1-3-13(2)9-10-25-17-11-15(18(23)24)20-21(17)12-16(22)19-14-7-5-4-6-8-14;1-4-6-7-8-10-11(9-5-2)14(3,12)13;8-6-7-4-2-1-3-5-7;1-2/h3,11,14H,4-10,12H2,1-2H3,(H,19,22)(H,23,24);5-7,9-10H,4,8H2,1-3H3;1-5,8H,6H2;1-2H/b13-3+;7-6+,9-5-,11-10+;;. The molecule has 2 aromatic rings. The monoisotopic (exact) mass is 697 g/mol. The Kier molecular flexibility index (Phi) is 24.2. The smallest absolute Gasteiger partial charge is 0.356 e. The number of carboxylic acid groups (broad SMARTS) is 1. The van der Waals surface area contributed by atoms with Gasteiger partial charge in [-0.2, -0.15) is 5.10 Å². The Labute approximate surface area is 293 Å². The Balaban J connectivity index is 0.000000802. The van der Waals surface area contributed by atoms with Crippen molar-refractivity contribution in [2.24, 2.45) is 0 Å². The summed E-state index contributed by atoms with van der Waals surface area (Å²) in [5.74, 6) is -0.998. The maximum Gasteiger partial charge on any atom is 0.356 e. The van der Waals surface area contributed by atoms with Crippen molar-refractivity contribution in [2.75, 3.05) is 12.9 Å². The molecule has 0 bridgehead atoms. The van der Waals surface area contributed by atoms with E-state index in [-0.39, 0.29) is 30.8 Å². The average molecular weight is 698 g/mol. The number of hydrogen-bond donors (Lipinski definition) is 3. The first-order valence-electron chi connectivity index (χ1n) is 16.5. The molecule has 1 aromatic heterocycles. The summed E-state index contributed by atoms with van der Waals surface area (Å²) in [6.45, 7) is 8.32. The van der Waals surface area contributed by atoms with Crippen molar-refractivity contribution >= 4 is 21.7 Å². The Hall–Kier alpha value is -4.40. The molecule has 1 saturated carbocycles. The minimum Gasteiger partial charge on any atom is -0.477 e. The van der Waals surface area contributed by atoms with Crippen molar-refractivity contribution in [3.05, 3.63) is 94.6 Å². The molecule has 49 heavy (non-hydrogen) atoms. The highest BCUT2D eigenvalue weighted by Gasteiger charge is 2.19. The number of carbonyl (C=O) groups excluding carboxylic acids is 1. The normalized spacial score (nSPS) is 13.7. The first-order valence-corrected chi connectivity index (χ1v) is 18.3. The van der Waals surface area contributed by atoms with E-state index in [9.17, 15) is 18.0 Å². The summed E-state index contributed by atoms with van der Waals surface area (Å²) in [6, 6.07) is 11.1. The van der Waals surface area contributed by atoms with Crippen LogP contribution >= 0.6 is 0 Å². The number of nitrogens with one attached hydrogen (secondary N) is 1. The number of allylic oxidation sites excluding steroid dienone is 6. The van der Waals surface area contributed by atoms with Crippen LogP contribution < -0.4 is 10.1 Å². The molecule has 1 aliphatic rings. The lowest BCUT2D eigenvalue weighted by molar-refractivity contribution is -0.122. The molecule has 0 aliphatic heterocycles. The zero-order chi connectivity index (χ0) is 37.1. The third kappa shape index (κ3) is 20.5. The Morgan fingerprint density at radius 3 is 2.27 bits per heavy atom. The molecule has 3 N–H and O–H groups in total. The van der Waals surface area contributed by atoms with Crippen LogP contribution in [0.2, 0.25) is 0 Å². The first kappa shape index (κ1) is 44.6. The molecule has 10 nitrogen and oxygen atoms in total. The van der Waals surface area contributed by atoms with Crippen molar-refractivity contribution in [3.8, 4) is 18.7 Å². The summed E-state index contributed by atoms with van der Waals surface area (Å²) in [5.41, 5.74) is 2.02. The number of aliphatic hydroxyl groups is 1. The van der Waals surface area contributed by atoms with Gasteiger partial charge in [0.25, 0.3) is 0 Å². The van der Waals surface area contributed by atoms with E-state index in [4.69, 9.17) is 14.9 Å². The quantitative estimate of drug-likeness (QED) is 0.108. The molecule has 270 valence electrons. The molecule has 3 rings (SSSR count). The largest absolute Gasteiger partial charge is 0.477 e. The topological polar surface area (TPSA) is 148 Å². The number of carboxylic acids is 1. The second kappa shape index (κ2) is 26.5. The predicted molar refractivity (Wildman–Crippen MR) is 198 cm³/mol. The lowest BCUT2D eigenvalue weighted by Crippen LogP contribution is -2.38. The van der Waals surface area contributed by atoms with E-state index < -0.39 is 15.8 Å². The summed E-state index contributed by atoms with van der Waals surface area (Å²) >= 11 is 0. The number of carbonyl (C=O) groups is 2. The highest BCUT2D eigenvalue weighted by molar-refractivity contribution is 7.94. The summed E-state index contributed by atoms with van der Waals surface area (Å²) in [6.07, 6.45) is 28.1. The van der Waals surface area contributed by atoms with Gasteiger partial charge in [0.2, 0.25) is 11.8 Å². The highest BCUT2D eigenvalue weighted by Crippen LogP contribution is 2.18. The molecule has 0 spiro atoms. The minimum absolute atomic E-state index is 0.0400. The van der Waals surface area contributed by atoms with E-state index in [1.165, 1.54) is 29.0 Å². The van der Waals surface area contributed by atoms with E-state index in [1.807, 2.05) is 69.3 Å². The summed E-state index contributed by atoms with van der Waals surface area (Å²) in [7, 11) is -3.07. The van der Waals surface area contributed by atoms with Gasteiger partial charge in [-0.15, -0.1) is 12.8 Å². The number of aliphatic hydroxyl groups excluding tert-OH is 1. The number of nitrogens with zero attached hydrogens (tertiary/aromatic N) is 2. The number of sulfone groups is 1. The van der Waals surface area contributed by atoms with Crippen molar-refractivity contribution in [2.45, 2.75) is 98.3 Å². The van der Waals surface area contributed by atoms with Crippen LogP contribution in [0.25, 0.3) is 0 Å². The molecule has 1 heterocycles. The molecule has 1 amide bonds. The number of aromatic nitrogens is 2. The number of hydrogen-bond acceptors (Lipinski definition) is 7. The number of ether oxygens (including phenoxy) is 1. The summed E-state index contributed by atoms with van der Waals surface area (Å²) < 4.78 is 29.5. The van der Waals surface area contributed by atoms with Gasteiger partial charge in [0.15, 0.2) is 15.5 Å². The fourth-order valence-electron chi connectivity index (χ4n) is 4.39. The lowest BCUT2D eigenvalue weighted by atomic mass is 9.95. The van der Waals surface area contributed by atoms with Crippen molar-refractivity contribution in [1.29, 1.82) is 0 Å². The van der Waals surface area contributed by atoms with Crippen LogP contribution in [-0.4, -0.2) is 59.2 Å². The molecule has 1 aliphatic carbocycles. The van der Waals surface area contributed by atoms with Gasteiger partial charge in [-0.3, -0.25) is 4.79 Å². The van der Waals surface area contributed by atoms with Crippen LogP contribution in [0.4, 0.5) is 0 Å².